The maximum absolute atomic E-state index is 13.2. The summed E-state index contributed by atoms with van der Waals surface area (Å²) in [4.78, 5) is 22.7. The second-order valence-electron chi connectivity index (χ2n) is 7.94. The number of carbonyl (C=O) groups is 1. The third-order valence-corrected chi connectivity index (χ3v) is 5.89. The number of para-hydroxylation sites is 1. The summed E-state index contributed by atoms with van der Waals surface area (Å²) in [5, 5.41) is 3.12. The lowest BCUT2D eigenvalue weighted by Crippen LogP contribution is -2.45. The van der Waals surface area contributed by atoms with Gasteiger partial charge in [0.05, 0.1) is 36.2 Å². The molecular weight excluding hydrogens is 387 g/mol. The molecule has 7 nitrogen and oxygen atoms in total. The molecule has 2 aromatic rings. The average Bonchev–Trinajstić information content (AvgIpc) is 3.36. The van der Waals surface area contributed by atoms with Crippen molar-refractivity contribution in [2.45, 2.75) is 44.1 Å². The number of benzene rings is 1. The number of carbonyl (C=O) groups excluding carboxylic acids is 1. The number of amides is 1. The first-order valence-corrected chi connectivity index (χ1v) is 10.5. The summed E-state index contributed by atoms with van der Waals surface area (Å²) in [5.41, 5.74) is 1.85. The van der Waals surface area contributed by atoms with E-state index in [-0.39, 0.29) is 24.5 Å². The second-order valence-corrected chi connectivity index (χ2v) is 7.94. The van der Waals surface area contributed by atoms with Gasteiger partial charge in [-0.15, -0.1) is 6.58 Å². The van der Waals surface area contributed by atoms with Crippen LogP contribution in [0.15, 0.2) is 30.9 Å². The Hall–Kier alpha value is -2.29. The first kappa shape index (κ1) is 21.0. The van der Waals surface area contributed by atoms with Gasteiger partial charge < -0.3 is 19.8 Å². The molecular formula is C22H29FN4O3. The Kier molecular flexibility index (Phi) is 6.76. The fourth-order valence-electron chi connectivity index (χ4n) is 4.39. The van der Waals surface area contributed by atoms with Crippen LogP contribution in [-0.4, -0.2) is 71.9 Å². The van der Waals surface area contributed by atoms with Crippen LogP contribution in [0.1, 0.15) is 24.2 Å². The minimum absolute atomic E-state index is 0.0800. The molecule has 4 rings (SSSR count). The Balaban J connectivity index is 1.40. The van der Waals surface area contributed by atoms with E-state index in [1.807, 2.05) is 6.07 Å². The van der Waals surface area contributed by atoms with Crippen LogP contribution in [-0.2, 0) is 27.4 Å². The van der Waals surface area contributed by atoms with Gasteiger partial charge in [0.15, 0.2) is 0 Å². The number of hydrogen-bond donors (Lipinski definition) is 2. The van der Waals surface area contributed by atoms with E-state index in [0.29, 0.717) is 29.6 Å². The van der Waals surface area contributed by atoms with Crippen molar-refractivity contribution in [2.75, 3.05) is 32.9 Å². The number of nitrogens with one attached hydrogen (secondary N) is 2. The van der Waals surface area contributed by atoms with E-state index in [0.717, 1.165) is 44.7 Å². The number of nitrogens with zero attached hydrogens (tertiary/aromatic N) is 2. The lowest BCUT2D eigenvalue weighted by atomic mass is 10.1. The van der Waals surface area contributed by atoms with Gasteiger partial charge in [0.2, 0.25) is 5.91 Å². The highest BCUT2D eigenvalue weighted by Crippen LogP contribution is 2.23. The van der Waals surface area contributed by atoms with Gasteiger partial charge in [-0.2, -0.15) is 0 Å². The van der Waals surface area contributed by atoms with Crippen LogP contribution in [0.25, 0.3) is 11.0 Å². The summed E-state index contributed by atoms with van der Waals surface area (Å²) >= 11 is 0. The van der Waals surface area contributed by atoms with Crippen molar-refractivity contribution in [3.05, 3.63) is 42.2 Å². The van der Waals surface area contributed by atoms with Crippen molar-refractivity contribution < 1.29 is 18.7 Å². The highest BCUT2D eigenvalue weighted by Gasteiger charge is 2.38. The standard InChI is InChI=1S/C22H29FN4O3/c1-2-8-30-19-14-27(16-6-9-29-10-7-16)13-18(19)25-21(28)11-20-24-17-5-3-4-15(12-23)22(17)26-20/h2-5,16,18-19H,1,6-14H2,(H,24,26)(H,25,28)/t18-,19-/m0/s1. The highest BCUT2D eigenvalue weighted by molar-refractivity contribution is 5.82. The monoisotopic (exact) mass is 416 g/mol. The number of hydrogen-bond acceptors (Lipinski definition) is 5. The van der Waals surface area contributed by atoms with E-state index in [1.165, 1.54) is 0 Å². The summed E-state index contributed by atoms with van der Waals surface area (Å²) in [7, 11) is 0. The number of halogens is 1. The Bertz CT molecular complexity index is 880. The molecule has 3 heterocycles. The van der Waals surface area contributed by atoms with Gasteiger partial charge in [-0.1, -0.05) is 18.2 Å². The largest absolute Gasteiger partial charge is 0.381 e. The highest BCUT2D eigenvalue weighted by atomic mass is 19.1. The number of fused-ring (bicyclic) bond motifs is 1. The van der Waals surface area contributed by atoms with Gasteiger partial charge >= 0.3 is 0 Å². The Morgan fingerprint density at radius 1 is 1.40 bits per heavy atom. The number of alkyl halides is 1. The molecule has 1 amide bonds. The summed E-state index contributed by atoms with van der Waals surface area (Å²) < 4.78 is 24.6. The quantitative estimate of drug-likeness (QED) is 0.645. The zero-order chi connectivity index (χ0) is 20.9. The van der Waals surface area contributed by atoms with Crippen molar-refractivity contribution in [1.82, 2.24) is 20.2 Å². The molecule has 2 saturated heterocycles. The first-order valence-electron chi connectivity index (χ1n) is 10.5. The van der Waals surface area contributed by atoms with Gasteiger partial charge in [-0.25, -0.2) is 9.37 Å². The molecule has 1 aromatic heterocycles. The van der Waals surface area contributed by atoms with Gasteiger partial charge in [0.1, 0.15) is 12.5 Å². The molecule has 0 unspecified atom stereocenters. The van der Waals surface area contributed by atoms with Gasteiger partial charge in [-0.05, 0) is 18.9 Å². The molecule has 2 aliphatic rings. The zero-order valence-electron chi connectivity index (χ0n) is 17.1. The van der Waals surface area contributed by atoms with Crippen LogP contribution in [0, 0.1) is 0 Å². The number of ether oxygens (including phenoxy) is 2. The molecule has 1 aromatic carbocycles. The van der Waals surface area contributed by atoms with Crippen LogP contribution in [0.3, 0.4) is 0 Å². The number of imidazole rings is 1. The van der Waals surface area contributed by atoms with Crippen LogP contribution in [0.5, 0.6) is 0 Å². The molecule has 0 bridgehead atoms. The van der Waals surface area contributed by atoms with Crippen molar-refractivity contribution >= 4 is 16.9 Å². The third kappa shape index (κ3) is 4.71. The van der Waals surface area contributed by atoms with Gasteiger partial charge in [-0.3, -0.25) is 9.69 Å². The van der Waals surface area contributed by atoms with Crippen molar-refractivity contribution in [2.24, 2.45) is 0 Å². The fraction of sp³-hybridized carbons (Fsp3) is 0.545. The van der Waals surface area contributed by atoms with E-state index >= 15 is 0 Å². The van der Waals surface area contributed by atoms with Crippen LogP contribution < -0.4 is 5.32 Å². The molecule has 0 spiro atoms. The SMILES string of the molecule is C=CCO[C@H]1CN(C2CCOCC2)C[C@@H]1NC(=O)Cc1nc2c(CF)cccc2[nH]1. The van der Waals surface area contributed by atoms with E-state index in [2.05, 4.69) is 26.8 Å². The lowest BCUT2D eigenvalue weighted by molar-refractivity contribution is -0.122. The van der Waals surface area contributed by atoms with Crippen LogP contribution in [0.2, 0.25) is 0 Å². The second kappa shape index (κ2) is 9.68. The Morgan fingerprint density at radius 3 is 3.00 bits per heavy atom. The van der Waals surface area contributed by atoms with Crippen molar-refractivity contribution in [1.29, 1.82) is 0 Å². The molecule has 2 atom stereocenters. The molecule has 30 heavy (non-hydrogen) atoms. The maximum Gasteiger partial charge on any atom is 0.227 e. The number of rotatable bonds is 8. The summed E-state index contributed by atoms with van der Waals surface area (Å²) in [6, 6.07) is 5.70. The molecule has 2 aliphatic heterocycles. The third-order valence-electron chi connectivity index (χ3n) is 5.89. The molecule has 0 saturated carbocycles. The maximum atomic E-state index is 13.2. The molecule has 2 fully saturated rings. The van der Waals surface area contributed by atoms with Gasteiger partial charge in [0.25, 0.3) is 0 Å². The van der Waals surface area contributed by atoms with Gasteiger partial charge in [0, 0.05) is 37.9 Å². The Labute approximate surface area is 175 Å². The minimum atomic E-state index is -0.583. The fourth-order valence-corrected chi connectivity index (χ4v) is 4.39. The number of likely N-dealkylation sites (tertiary alicyclic amines) is 1. The number of aromatic nitrogens is 2. The van der Waals surface area contributed by atoms with E-state index in [4.69, 9.17) is 9.47 Å². The summed E-state index contributed by atoms with van der Waals surface area (Å²) in [6.07, 6.45) is 3.77. The van der Waals surface area contributed by atoms with Crippen molar-refractivity contribution in [3.63, 3.8) is 0 Å². The Morgan fingerprint density at radius 2 is 2.23 bits per heavy atom. The zero-order valence-corrected chi connectivity index (χ0v) is 17.1. The first-order chi connectivity index (χ1) is 14.7. The molecule has 162 valence electrons. The van der Waals surface area contributed by atoms with Crippen molar-refractivity contribution in [3.8, 4) is 0 Å². The lowest BCUT2D eigenvalue weighted by Gasteiger charge is -2.30. The van der Waals surface area contributed by atoms with E-state index in [1.54, 1.807) is 18.2 Å². The van der Waals surface area contributed by atoms with Crippen LogP contribution in [0.4, 0.5) is 4.39 Å². The number of H-pyrrole nitrogens is 1. The predicted octanol–water partition coefficient (Wildman–Crippen LogP) is 2.13. The topological polar surface area (TPSA) is 79.5 Å². The molecule has 2 N–H and O–H groups in total. The molecule has 0 radical (unpaired) electrons. The normalized spacial score (nSPS) is 23.1. The van der Waals surface area contributed by atoms with Crippen LogP contribution >= 0.6 is 0 Å². The summed E-state index contributed by atoms with van der Waals surface area (Å²) in [5.74, 6) is 0.410. The van der Waals surface area contributed by atoms with E-state index in [9.17, 15) is 9.18 Å². The summed E-state index contributed by atoms with van der Waals surface area (Å²) in [6.45, 7) is 6.70. The molecule has 8 heteroatoms. The number of aromatic amines is 1. The smallest absolute Gasteiger partial charge is 0.227 e. The molecule has 0 aliphatic carbocycles. The van der Waals surface area contributed by atoms with E-state index < -0.39 is 6.67 Å². The minimum Gasteiger partial charge on any atom is -0.381 e. The average molecular weight is 416 g/mol. The predicted molar refractivity (Wildman–Crippen MR) is 112 cm³/mol.